The molecule has 5 heteroatoms. The first-order valence-electron chi connectivity index (χ1n) is 3.31. The molecule has 0 unspecified atom stereocenters. The lowest BCUT2D eigenvalue weighted by Gasteiger charge is -1.85. The van der Waals surface area contributed by atoms with Gasteiger partial charge in [0.1, 0.15) is 16.8 Å². The van der Waals surface area contributed by atoms with E-state index >= 15 is 0 Å². The molecule has 1 aromatic rings. The average Bonchev–Trinajstić information content (AvgIpc) is 2.36. The molecular formula is C8H5N3OS. The zero-order valence-electron chi connectivity index (χ0n) is 6.87. The van der Waals surface area contributed by atoms with Gasteiger partial charge in [-0.25, -0.2) is 0 Å². The van der Waals surface area contributed by atoms with Crippen LogP contribution in [-0.4, -0.2) is 4.57 Å². The predicted molar refractivity (Wildman–Crippen MR) is 49.0 cm³/mol. The van der Waals surface area contributed by atoms with Crippen LogP contribution in [0.2, 0.25) is 0 Å². The van der Waals surface area contributed by atoms with Crippen molar-refractivity contribution >= 4 is 23.5 Å². The molecule has 0 aliphatic carbocycles. The maximum atomic E-state index is 11.2. The fourth-order valence-electron chi connectivity index (χ4n) is 0.847. The van der Waals surface area contributed by atoms with Gasteiger partial charge in [-0.3, -0.25) is 4.79 Å². The van der Waals surface area contributed by atoms with Crippen molar-refractivity contribution in [3.05, 3.63) is 19.5 Å². The number of aromatic nitrogens is 1. The van der Waals surface area contributed by atoms with Crippen molar-refractivity contribution < 1.29 is 0 Å². The van der Waals surface area contributed by atoms with Crippen molar-refractivity contribution in [2.24, 2.45) is 7.05 Å². The number of thiazole rings is 1. The normalized spacial score (nSPS) is 8.85. The first kappa shape index (κ1) is 9.24. The molecule has 0 spiro atoms. The first-order chi connectivity index (χ1) is 6.11. The van der Waals surface area contributed by atoms with Gasteiger partial charge in [0.25, 0.3) is 5.56 Å². The van der Waals surface area contributed by atoms with E-state index in [-0.39, 0.29) is 11.1 Å². The molecule has 0 aromatic carbocycles. The van der Waals surface area contributed by atoms with Crippen molar-refractivity contribution in [1.29, 1.82) is 10.5 Å². The third-order valence-electron chi connectivity index (χ3n) is 1.51. The van der Waals surface area contributed by atoms with Crippen LogP contribution in [0.4, 0.5) is 0 Å². The average molecular weight is 191 g/mol. The van der Waals surface area contributed by atoms with Crippen LogP contribution in [0.3, 0.4) is 0 Å². The van der Waals surface area contributed by atoms with Crippen LogP contribution in [0.25, 0.3) is 12.2 Å². The molecule has 0 aliphatic heterocycles. The van der Waals surface area contributed by atoms with Crippen molar-refractivity contribution in [1.82, 2.24) is 4.57 Å². The summed E-state index contributed by atoms with van der Waals surface area (Å²) in [7, 11) is 1.51. The number of nitrogens with zero attached hydrogens (tertiary/aromatic N) is 3. The molecule has 0 saturated carbocycles. The predicted octanol–water partition coefficient (Wildman–Crippen LogP) is -0.945. The van der Waals surface area contributed by atoms with E-state index in [2.05, 4.69) is 6.58 Å². The largest absolute Gasteiger partial charge is 0.300 e. The number of nitriles is 2. The van der Waals surface area contributed by atoms with Crippen molar-refractivity contribution in [3.63, 3.8) is 0 Å². The zero-order valence-corrected chi connectivity index (χ0v) is 7.68. The van der Waals surface area contributed by atoms with Gasteiger partial charge >= 0.3 is 0 Å². The molecular weight excluding hydrogens is 186 g/mol. The molecule has 0 aliphatic rings. The molecule has 0 saturated heterocycles. The summed E-state index contributed by atoms with van der Waals surface area (Å²) in [6.07, 6.45) is 0. The van der Waals surface area contributed by atoms with Gasteiger partial charge in [-0.15, -0.1) is 11.3 Å². The minimum absolute atomic E-state index is 0.0560. The molecule has 0 amide bonds. The number of hydrogen-bond acceptors (Lipinski definition) is 4. The Hall–Kier alpha value is -1.85. The smallest absolute Gasteiger partial charge is 0.268 e. The van der Waals surface area contributed by atoms with Crippen molar-refractivity contribution in [2.45, 2.75) is 0 Å². The molecule has 1 rings (SSSR count). The fourth-order valence-corrected chi connectivity index (χ4v) is 1.72. The molecule has 0 radical (unpaired) electrons. The molecule has 4 nitrogen and oxygen atoms in total. The molecule has 13 heavy (non-hydrogen) atoms. The Bertz CT molecular complexity index is 563. The van der Waals surface area contributed by atoms with Crippen LogP contribution >= 0.6 is 11.3 Å². The molecule has 0 fully saturated rings. The van der Waals surface area contributed by atoms with Gasteiger partial charge in [0, 0.05) is 7.05 Å². The second kappa shape index (κ2) is 3.26. The van der Waals surface area contributed by atoms with Gasteiger partial charge in [-0.2, -0.15) is 10.5 Å². The number of hydrogen-bond donors (Lipinski definition) is 0. The van der Waals surface area contributed by atoms with Crippen LogP contribution in [0, 0.1) is 22.7 Å². The fraction of sp³-hybridized carbons (Fsp3) is 0.125. The molecule has 1 aromatic heterocycles. The summed E-state index contributed by atoms with van der Waals surface area (Å²) in [6.45, 7) is 3.51. The minimum Gasteiger partial charge on any atom is -0.300 e. The summed E-state index contributed by atoms with van der Waals surface area (Å²) in [4.78, 5) is 11.2. The Kier molecular flexibility index (Phi) is 2.32. The van der Waals surface area contributed by atoms with E-state index in [1.165, 1.54) is 11.6 Å². The third kappa shape index (κ3) is 1.37. The third-order valence-corrected chi connectivity index (χ3v) is 2.60. The maximum Gasteiger partial charge on any atom is 0.268 e. The van der Waals surface area contributed by atoms with Gasteiger partial charge in [0.15, 0.2) is 5.57 Å². The molecule has 64 valence electrons. The van der Waals surface area contributed by atoms with Crippen LogP contribution in [-0.2, 0) is 7.05 Å². The lowest BCUT2D eigenvalue weighted by atomic mass is 10.4. The van der Waals surface area contributed by atoms with Crippen LogP contribution < -0.4 is 14.8 Å². The van der Waals surface area contributed by atoms with Crippen LogP contribution in [0.5, 0.6) is 0 Å². The van der Waals surface area contributed by atoms with Gasteiger partial charge in [0.2, 0.25) is 0 Å². The standard InChI is InChI=1S/C8H5N3OS/c1-5-7(12)11(2)8(13-5)6(3-9)4-10/h1H2,2H3. The summed E-state index contributed by atoms with van der Waals surface area (Å²) in [5.74, 6) is 0. The highest BCUT2D eigenvalue weighted by atomic mass is 32.1. The van der Waals surface area contributed by atoms with E-state index in [4.69, 9.17) is 10.5 Å². The second-order valence-corrected chi connectivity index (χ2v) is 3.38. The summed E-state index contributed by atoms with van der Waals surface area (Å²) in [6, 6.07) is 3.46. The monoisotopic (exact) mass is 191 g/mol. The highest BCUT2D eigenvalue weighted by Gasteiger charge is 2.03. The Morgan fingerprint density at radius 2 is 2.08 bits per heavy atom. The van der Waals surface area contributed by atoms with E-state index < -0.39 is 0 Å². The summed E-state index contributed by atoms with van der Waals surface area (Å²) < 4.78 is 1.95. The number of rotatable bonds is 0. The highest BCUT2D eigenvalue weighted by Crippen LogP contribution is 1.85. The summed E-state index contributed by atoms with van der Waals surface area (Å²) >= 11 is 1.06. The summed E-state index contributed by atoms with van der Waals surface area (Å²) in [5.41, 5.74) is -0.317. The van der Waals surface area contributed by atoms with Crippen molar-refractivity contribution in [2.75, 3.05) is 0 Å². The van der Waals surface area contributed by atoms with Crippen molar-refractivity contribution in [3.8, 4) is 12.1 Å². The molecule has 0 atom stereocenters. The molecule has 0 N–H and O–H groups in total. The van der Waals surface area contributed by atoms with Crippen LogP contribution in [0.15, 0.2) is 4.79 Å². The SMILES string of the molecule is C=c1sc(=C(C#N)C#N)n(C)c1=O. The zero-order chi connectivity index (χ0) is 10.0. The Morgan fingerprint density at radius 1 is 1.54 bits per heavy atom. The van der Waals surface area contributed by atoms with E-state index in [9.17, 15) is 4.79 Å². The van der Waals surface area contributed by atoms with Gasteiger partial charge < -0.3 is 4.57 Å². The van der Waals surface area contributed by atoms with Crippen LogP contribution in [0.1, 0.15) is 0 Å². The van der Waals surface area contributed by atoms with E-state index in [0.29, 0.717) is 9.20 Å². The van der Waals surface area contributed by atoms with Gasteiger partial charge in [0.05, 0.1) is 4.53 Å². The van der Waals surface area contributed by atoms with E-state index in [1.54, 1.807) is 12.1 Å². The molecule has 0 bridgehead atoms. The Labute approximate surface area is 77.9 Å². The topological polar surface area (TPSA) is 69.6 Å². The van der Waals surface area contributed by atoms with Gasteiger partial charge in [-0.1, -0.05) is 6.58 Å². The quantitative estimate of drug-likeness (QED) is 0.531. The Morgan fingerprint density at radius 3 is 2.38 bits per heavy atom. The highest BCUT2D eigenvalue weighted by molar-refractivity contribution is 7.07. The Balaban J connectivity index is 3.91. The van der Waals surface area contributed by atoms with Gasteiger partial charge in [-0.05, 0) is 0 Å². The molecule has 1 heterocycles. The second-order valence-electron chi connectivity index (χ2n) is 2.29. The van der Waals surface area contributed by atoms with E-state index in [0.717, 1.165) is 11.3 Å². The minimum atomic E-state index is -0.261. The maximum absolute atomic E-state index is 11.2. The van der Waals surface area contributed by atoms with E-state index in [1.807, 2.05) is 0 Å². The summed E-state index contributed by atoms with van der Waals surface area (Å²) in [5, 5.41) is 17.1. The lowest BCUT2D eigenvalue weighted by Crippen LogP contribution is -2.28. The first-order valence-corrected chi connectivity index (χ1v) is 4.12. The lowest BCUT2D eigenvalue weighted by molar-refractivity contribution is 0.856.